The Labute approximate surface area is 191 Å². The minimum atomic E-state index is -0.0345. The summed E-state index contributed by atoms with van der Waals surface area (Å²) in [4.78, 5) is 30.2. The standard InChI is InChI=1S/C24H25N7O2/c1-29-12-3-13-30(14-21(29)33)20-10-9-19-24(28-20)31(17-7-5-16(15-32)6-8-17)23(27-19)18-4-2-11-26-22(18)25/h2,4-11,32H,3,12-15H2,1H3,(H2,25,26). The van der Waals surface area contributed by atoms with Crippen molar-refractivity contribution >= 4 is 28.7 Å². The highest BCUT2D eigenvalue weighted by Gasteiger charge is 2.23. The fraction of sp³-hybridized carbons (Fsp3) is 0.250. The van der Waals surface area contributed by atoms with E-state index in [-0.39, 0.29) is 19.1 Å². The molecule has 4 heterocycles. The maximum Gasteiger partial charge on any atom is 0.241 e. The maximum atomic E-state index is 12.4. The minimum Gasteiger partial charge on any atom is -0.392 e. The molecule has 1 aromatic carbocycles. The van der Waals surface area contributed by atoms with Crippen molar-refractivity contribution in [2.45, 2.75) is 13.0 Å². The van der Waals surface area contributed by atoms with Crippen LogP contribution in [0, 0.1) is 0 Å². The number of aliphatic hydroxyl groups is 1. The lowest BCUT2D eigenvalue weighted by Gasteiger charge is -2.21. The smallest absolute Gasteiger partial charge is 0.241 e. The number of rotatable bonds is 4. The van der Waals surface area contributed by atoms with Gasteiger partial charge >= 0.3 is 0 Å². The lowest BCUT2D eigenvalue weighted by Crippen LogP contribution is -2.34. The fourth-order valence-corrected chi connectivity index (χ4v) is 4.09. The van der Waals surface area contributed by atoms with Crippen LogP contribution in [-0.2, 0) is 11.4 Å². The van der Waals surface area contributed by atoms with Crippen molar-refractivity contribution in [3.63, 3.8) is 0 Å². The van der Waals surface area contributed by atoms with Gasteiger partial charge in [0.15, 0.2) is 11.5 Å². The summed E-state index contributed by atoms with van der Waals surface area (Å²) < 4.78 is 1.94. The van der Waals surface area contributed by atoms with E-state index >= 15 is 0 Å². The maximum absolute atomic E-state index is 12.4. The Morgan fingerprint density at radius 1 is 1.06 bits per heavy atom. The largest absolute Gasteiger partial charge is 0.392 e. The molecule has 9 nitrogen and oxygen atoms in total. The van der Waals surface area contributed by atoms with Gasteiger partial charge in [-0.15, -0.1) is 0 Å². The molecule has 168 valence electrons. The fourth-order valence-electron chi connectivity index (χ4n) is 4.09. The molecule has 1 saturated heterocycles. The van der Waals surface area contributed by atoms with Crippen LogP contribution in [0.2, 0.25) is 0 Å². The minimum absolute atomic E-state index is 0.0345. The summed E-state index contributed by atoms with van der Waals surface area (Å²) >= 11 is 0. The number of aromatic nitrogens is 4. The normalized spacial score (nSPS) is 14.7. The second-order valence-electron chi connectivity index (χ2n) is 8.13. The first-order chi connectivity index (χ1) is 16.0. The summed E-state index contributed by atoms with van der Waals surface area (Å²) in [5.74, 6) is 1.81. The van der Waals surface area contributed by atoms with Crippen molar-refractivity contribution in [2.24, 2.45) is 0 Å². The van der Waals surface area contributed by atoms with E-state index in [4.69, 9.17) is 15.7 Å². The average molecular weight is 444 g/mol. The zero-order valence-electron chi connectivity index (χ0n) is 18.3. The second-order valence-corrected chi connectivity index (χ2v) is 8.13. The predicted molar refractivity (Wildman–Crippen MR) is 127 cm³/mol. The van der Waals surface area contributed by atoms with Crippen LogP contribution in [0.25, 0.3) is 28.2 Å². The monoisotopic (exact) mass is 443 g/mol. The predicted octanol–water partition coefficient (Wildman–Crippen LogP) is 2.23. The van der Waals surface area contributed by atoms with Gasteiger partial charge in [-0.1, -0.05) is 12.1 Å². The number of amides is 1. The first kappa shape index (κ1) is 20.9. The number of benzene rings is 1. The first-order valence-electron chi connectivity index (χ1n) is 10.8. The zero-order valence-corrected chi connectivity index (χ0v) is 18.3. The average Bonchev–Trinajstić information content (AvgIpc) is 3.13. The number of hydrogen-bond acceptors (Lipinski definition) is 7. The number of carbonyl (C=O) groups excluding carboxylic acids is 1. The molecule has 33 heavy (non-hydrogen) atoms. The molecule has 1 aliphatic rings. The third-order valence-electron chi connectivity index (χ3n) is 5.94. The third kappa shape index (κ3) is 3.87. The molecule has 0 spiro atoms. The van der Waals surface area contributed by atoms with Gasteiger partial charge < -0.3 is 20.6 Å². The number of imidazole rings is 1. The Morgan fingerprint density at radius 3 is 2.64 bits per heavy atom. The summed E-state index contributed by atoms with van der Waals surface area (Å²) in [6, 6.07) is 15.1. The number of likely N-dealkylation sites (N-methyl/N-ethyl adjacent to an activating group) is 1. The van der Waals surface area contributed by atoms with E-state index in [1.807, 2.05) is 65.0 Å². The van der Waals surface area contributed by atoms with E-state index in [0.29, 0.717) is 28.4 Å². The van der Waals surface area contributed by atoms with Crippen molar-refractivity contribution in [3.8, 4) is 17.1 Å². The molecule has 1 amide bonds. The SMILES string of the molecule is CN1CCCN(c2ccc3nc(-c4cccnc4N)n(-c4ccc(CO)cc4)c3n2)CC1=O. The van der Waals surface area contributed by atoms with Crippen molar-refractivity contribution in [3.05, 3.63) is 60.3 Å². The van der Waals surface area contributed by atoms with Crippen LogP contribution in [0.4, 0.5) is 11.6 Å². The van der Waals surface area contributed by atoms with E-state index in [1.54, 1.807) is 11.1 Å². The highest BCUT2D eigenvalue weighted by atomic mass is 16.3. The van der Waals surface area contributed by atoms with Gasteiger partial charge in [-0.3, -0.25) is 9.36 Å². The van der Waals surface area contributed by atoms with Gasteiger partial charge in [0, 0.05) is 32.0 Å². The van der Waals surface area contributed by atoms with Gasteiger partial charge in [0.1, 0.15) is 17.2 Å². The van der Waals surface area contributed by atoms with E-state index in [1.165, 1.54) is 0 Å². The molecule has 0 bridgehead atoms. The molecule has 5 rings (SSSR count). The van der Waals surface area contributed by atoms with Crippen LogP contribution in [0.3, 0.4) is 0 Å². The lowest BCUT2D eigenvalue weighted by molar-refractivity contribution is -0.127. The molecular weight excluding hydrogens is 418 g/mol. The molecule has 9 heteroatoms. The topological polar surface area (TPSA) is 113 Å². The Bertz CT molecular complexity index is 1320. The molecule has 4 aromatic rings. The van der Waals surface area contributed by atoms with Gasteiger partial charge in [-0.05, 0) is 48.4 Å². The van der Waals surface area contributed by atoms with Gasteiger partial charge in [0.2, 0.25) is 5.91 Å². The number of anilines is 2. The van der Waals surface area contributed by atoms with Gasteiger partial charge in [-0.2, -0.15) is 0 Å². The van der Waals surface area contributed by atoms with E-state index in [9.17, 15) is 9.90 Å². The molecule has 3 N–H and O–H groups in total. The number of aliphatic hydroxyl groups excluding tert-OH is 1. The molecule has 1 fully saturated rings. The molecule has 0 unspecified atom stereocenters. The molecule has 0 radical (unpaired) electrons. The number of carbonyl (C=O) groups is 1. The van der Waals surface area contributed by atoms with Crippen LogP contribution < -0.4 is 10.6 Å². The Kier molecular flexibility index (Phi) is 5.39. The summed E-state index contributed by atoms with van der Waals surface area (Å²) in [7, 11) is 1.83. The first-order valence-corrected chi connectivity index (χ1v) is 10.8. The Balaban J connectivity index is 1.69. The number of hydrogen-bond donors (Lipinski definition) is 2. The van der Waals surface area contributed by atoms with Crippen molar-refractivity contribution in [1.29, 1.82) is 0 Å². The second kappa shape index (κ2) is 8.51. The van der Waals surface area contributed by atoms with Crippen LogP contribution >= 0.6 is 0 Å². The number of pyridine rings is 2. The number of fused-ring (bicyclic) bond motifs is 1. The molecule has 3 aromatic heterocycles. The molecule has 1 aliphatic heterocycles. The quantitative estimate of drug-likeness (QED) is 0.497. The molecule has 0 aliphatic carbocycles. The highest BCUT2D eigenvalue weighted by Crippen LogP contribution is 2.31. The third-order valence-corrected chi connectivity index (χ3v) is 5.94. The summed E-state index contributed by atoms with van der Waals surface area (Å²) in [5.41, 5.74) is 9.91. The van der Waals surface area contributed by atoms with Crippen LogP contribution in [0.5, 0.6) is 0 Å². The molecular formula is C24H25N7O2. The summed E-state index contributed by atoms with van der Waals surface area (Å²) in [6.45, 7) is 1.73. The van der Waals surface area contributed by atoms with Gasteiger partial charge in [0.25, 0.3) is 0 Å². The molecule has 0 atom stereocenters. The number of nitrogens with zero attached hydrogens (tertiary/aromatic N) is 6. The van der Waals surface area contributed by atoms with E-state index in [2.05, 4.69) is 4.98 Å². The van der Waals surface area contributed by atoms with Crippen LogP contribution in [-0.4, -0.2) is 62.1 Å². The van der Waals surface area contributed by atoms with Crippen molar-refractivity contribution < 1.29 is 9.90 Å². The van der Waals surface area contributed by atoms with E-state index < -0.39 is 0 Å². The van der Waals surface area contributed by atoms with Gasteiger partial charge in [-0.25, -0.2) is 15.0 Å². The van der Waals surface area contributed by atoms with Crippen LogP contribution in [0.1, 0.15) is 12.0 Å². The van der Waals surface area contributed by atoms with Gasteiger partial charge in [0.05, 0.1) is 18.7 Å². The number of nitrogens with two attached hydrogens (primary N) is 1. The van der Waals surface area contributed by atoms with Crippen molar-refractivity contribution in [2.75, 3.05) is 37.3 Å². The van der Waals surface area contributed by atoms with Crippen molar-refractivity contribution in [1.82, 2.24) is 24.4 Å². The van der Waals surface area contributed by atoms with E-state index in [0.717, 1.165) is 36.6 Å². The Hall–Kier alpha value is -3.98. The Morgan fingerprint density at radius 2 is 1.88 bits per heavy atom. The zero-order chi connectivity index (χ0) is 22.9. The summed E-state index contributed by atoms with van der Waals surface area (Å²) in [6.07, 6.45) is 2.52. The summed E-state index contributed by atoms with van der Waals surface area (Å²) in [5, 5.41) is 9.45. The van der Waals surface area contributed by atoms with Crippen LogP contribution in [0.15, 0.2) is 54.7 Å². The highest BCUT2D eigenvalue weighted by molar-refractivity contribution is 5.85. The molecule has 0 saturated carbocycles. The number of nitrogen functional groups attached to an aromatic ring is 1. The lowest BCUT2D eigenvalue weighted by atomic mass is 10.2.